The van der Waals surface area contributed by atoms with Crippen molar-refractivity contribution in [3.05, 3.63) is 120 Å². The summed E-state index contributed by atoms with van der Waals surface area (Å²) in [5.74, 6) is 0.241. The fourth-order valence-corrected chi connectivity index (χ4v) is 5.41. The number of halogens is 1. The minimum absolute atomic E-state index is 0.172. The highest BCUT2D eigenvalue weighted by Gasteiger charge is 2.17. The highest BCUT2D eigenvalue weighted by Crippen LogP contribution is 2.36. The molecule has 0 aliphatic heterocycles. The third-order valence-electron chi connectivity index (χ3n) is 6.44. The Morgan fingerprint density at radius 3 is 2.67 bits per heavy atom. The van der Waals surface area contributed by atoms with Gasteiger partial charge in [0.15, 0.2) is 0 Å². The third-order valence-corrected chi connectivity index (χ3v) is 7.53. The number of ether oxygens (including phenoxy) is 1. The zero-order chi connectivity index (χ0) is 29.3. The average molecular weight is 582 g/mol. The minimum atomic E-state index is -0.282. The van der Waals surface area contributed by atoms with Crippen molar-refractivity contribution in [1.29, 1.82) is 0 Å². The fraction of sp³-hybridized carbons (Fsp3) is 0.182. The Morgan fingerprint density at radius 2 is 1.86 bits per heavy atom. The van der Waals surface area contributed by atoms with E-state index in [-0.39, 0.29) is 17.8 Å². The first-order valence-corrected chi connectivity index (χ1v) is 14.4. The lowest BCUT2D eigenvalue weighted by atomic mass is 10.1. The first-order valence-electron chi connectivity index (χ1n) is 13.6. The maximum atomic E-state index is 13.6. The molecule has 5 rings (SSSR count). The van der Waals surface area contributed by atoms with Crippen molar-refractivity contribution < 1.29 is 13.9 Å². The summed E-state index contributed by atoms with van der Waals surface area (Å²) >= 11 is 1.56. The van der Waals surface area contributed by atoms with E-state index in [9.17, 15) is 9.18 Å². The van der Waals surface area contributed by atoms with Gasteiger partial charge in [-0.1, -0.05) is 60.7 Å². The summed E-state index contributed by atoms with van der Waals surface area (Å²) in [7, 11) is 3.90. The summed E-state index contributed by atoms with van der Waals surface area (Å²) in [4.78, 5) is 25.3. The second-order valence-electron chi connectivity index (χ2n) is 10.0. The lowest BCUT2D eigenvalue weighted by molar-refractivity contribution is -0.111. The number of nitrogens with one attached hydrogen (secondary N) is 2. The van der Waals surface area contributed by atoms with Crippen LogP contribution in [0.4, 0.5) is 15.9 Å². The van der Waals surface area contributed by atoms with E-state index in [1.54, 1.807) is 29.8 Å². The summed E-state index contributed by atoms with van der Waals surface area (Å²) in [6, 6.07) is 26.1. The van der Waals surface area contributed by atoms with Crippen LogP contribution < -0.4 is 10.6 Å². The smallest absolute Gasteiger partial charge is 0.248 e. The Kier molecular flexibility index (Phi) is 9.66. The van der Waals surface area contributed by atoms with Gasteiger partial charge in [-0.15, -0.1) is 11.3 Å². The molecule has 42 heavy (non-hydrogen) atoms. The predicted octanol–water partition coefficient (Wildman–Crippen LogP) is 6.92. The van der Waals surface area contributed by atoms with Crippen LogP contribution in [0.5, 0.6) is 0 Å². The Labute approximate surface area is 248 Å². The molecular formula is C33H32FN5O2S. The van der Waals surface area contributed by atoms with E-state index in [2.05, 4.69) is 26.7 Å². The van der Waals surface area contributed by atoms with Gasteiger partial charge in [0, 0.05) is 23.2 Å². The molecule has 0 saturated heterocycles. The van der Waals surface area contributed by atoms with Crippen molar-refractivity contribution in [2.24, 2.45) is 0 Å². The molecule has 7 nitrogen and oxygen atoms in total. The molecule has 2 heterocycles. The third kappa shape index (κ3) is 7.85. The molecule has 0 spiro atoms. The molecule has 0 aliphatic rings. The molecule has 0 saturated carbocycles. The van der Waals surface area contributed by atoms with Gasteiger partial charge >= 0.3 is 0 Å². The number of hydrogen-bond donors (Lipinski definition) is 2. The van der Waals surface area contributed by atoms with Crippen molar-refractivity contribution in [2.45, 2.75) is 12.6 Å². The fourth-order valence-electron chi connectivity index (χ4n) is 4.41. The molecule has 0 bridgehead atoms. The second-order valence-corrected chi connectivity index (χ2v) is 11.1. The molecule has 5 aromatic rings. The molecule has 3 aromatic carbocycles. The number of fused-ring (bicyclic) bond motifs is 1. The van der Waals surface area contributed by atoms with Gasteiger partial charge in [0.05, 0.1) is 24.6 Å². The van der Waals surface area contributed by atoms with Crippen LogP contribution in [0.1, 0.15) is 17.2 Å². The van der Waals surface area contributed by atoms with Gasteiger partial charge in [0.25, 0.3) is 0 Å². The monoisotopic (exact) mass is 581 g/mol. The standard InChI is InChI=1S/C33H32FN5O2S/c1-39(2)16-8-15-31(40)37-27-14-7-12-25(18-27)30-19-28-32(35-22-36-33(28)42-30)38-29(24-10-4-3-5-11-24)21-41-20-23-9-6-13-26(34)17-23/h3-15,17-19,22,29H,16,20-21H2,1-2H3,(H,37,40)(H,35,36,38)/t29-/m1/s1. The van der Waals surface area contributed by atoms with Crippen LogP contribution in [0.25, 0.3) is 20.7 Å². The number of likely N-dealkylation sites (N-methyl/N-ethyl adjacent to an activating group) is 1. The lowest BCUT2D eigenvalue weighted by Gasteiger charge is -2.20. The van der Waals surface area contributed by atoms with Crippen LogP contribution in [0, 0.1) is 5.82 Å². The van der Waals surface area contributed by atoms with Gasteiger partial charge in [0.1, 0.15) is 22.8 Å². The number of thiophene rings is 1. The van der Waals surface area contributed by atoms with E-state index in [0.717, 1.165) is 31.8 Å². The number of carbonyl (C=O) groups is 1. The molecule has 2 aromatic heterocycles. The molecule has 0 fully saturated rings. The summed E-state index contributed by atoms with van der Waals surface area (Å²) in [5.41, 5.74) is 3.50. The van der Waals surface area contributed by atoms with Crippen LogP contribution >= 0.6 is 11.3 Å². The van der Waals surface area contributed by atoms with Gasteiger partial charge in [-0.25, -0.2) is 14.4 Å². The second kappa shape index (κ2) is 14.0. The SMILES string of the molecule is CN(C)CC=CC(=O)Nc1cccc(-c2cc3c(N[C@H](COCc4cccc(F)c4)c4ccccc4)ncnc3s2)c1. The molecule has 2 N–H and O–H groups in total. The molecule has 214 valence electrons. The van der Waals surface area contributed by atoms with E-state index < -0.39 is 0 Å². The largest absolute Gasteiger partial charge is 0.374 e. The first kappa shape index (κ1) is 29.1. The molecule has 0 radical (unpaired) electrons. The van der Waals surface area contributed by atoms with Crippen molar-refractivity contribution in [3.8, 4) is 10.4 Å². The van der Waals surface area contributed by atoms with E-state index in [0.29, 0.717) is 31.3 Å². The van der Waals surface area contributed by atoms with Gasteiger partial charge < -0.3 is 20.3 Å². The van der Waals surface area contributed by atoms with E-state index in [1.807, 2.05) is 85.7 Å². The van der Waals surface area contributed by atoms with Crippen LogP contribution in [-0.4, -0.2) is 48.0 Å². The Hall–Kier alpha value is -4.44. The maximum absolute atomic E-state index is 13.6. The van der Waals surface area contributed by atoms with Crippen molar-refractivity contribution in [3.63, 3.8) is 0 Å². The van der Waals surface area contributed by atoms with Crippen LogP contribution in [0.15, 0.2) is 103 Å². The van der Waals surface area contributed by atoms with E-state index in [1.165, 1.54) is 12.1 Å². The van der Waals surface area contributed by atoms with Crippen molar-refractivity contribution >= 4 is 39.0 Å². The summed E-state index contributed by atoms with van der Waals surface area (Å²) < 4.78 is 19.6. The molecule has 0 unspecified atom stereocenters. The van der Waals surface area contributed by atoms with E-state index in [4.69, 9.17) is 4.74 Å². The first-order chi connectivity index (χ1) is 20.4. The van der Waals surface area contributed by atoms with Gasteiger partial charge in [-0.2, -0.15) is 0 Å². The minimum Gasteiger partial charge on any atom is -0.374 e. The summed E-state index contributed by atoms with van der Waals surface area (Å²) in [6.45, 7) is 1.34. The van der Waals surface area contributed by atoms with Crippen LogP contribution in [0.2, 0.25) is 0 Å². The summed E-state index contributed by atoms with van der Waals surface area (Å²) in [5, 5.41) is 7.38. The van der Waals surface area contributed by atoms with Crippen molar-refractivity contribution in [2.75, 3.05) is 37.9 Å². The lowest BCUT2D eigenvalue weighted by Crippen LogP contribution is -2.18. The normalized spacial score (nSPS) is 12.2. The Bertz CT molecular complexity index is 1670. The average Bonchev–Trinajstić information content (AvgIpc) is 3.43. The number of nitrogens with zero attached hydrogens (tertiary/aromatic N) is 3. The van der Waals surface area contributed by atoms with Crippen LogP contribution in [-0.2, 0) is 16.1 Å². The molecule has 0 aliphatic carbocycles. The van der Waals surface area contributed by atoms with Gasteiger partial charge in [0.2, 0.25) is 5.91 Å². The maximum Gasteiger partial charge on any atom is 0.248 e. The Morgan fingerprint density at radius 1 is 1.02 bits per heavy atom. The van der Waals surface area contributed by atoms with E-state index >= 15 is 0 Å². The number of amides is 1. The quantitative estimate of drug-likeness (QED) is 0.156. The number of hydrogen-bond acceptors (Lipinski definition) is 7. The molecule has 9 heteroatoms. The summed E-state index contributed by atoms with van der Waals surface area (Å²) in [6.07, 6.45) is 4.93. The highest BCUT2D eigenvalue weighted by molar-refractivity contribution is 7.21. The molecule has 1 amide bonds. The Balaban J connectivity index is 1.34. The highest BCUT2D eigenvalue weighted by atomic mass is 32.1. The van der Waals surface area contributed by atoms with Gasteiger partial charge in [-0.05, 0) is 61.1 Å². The topological polar surface area (TPSA) is 79.4 Å². The number of benzene rings is 3. The van der Waals surface area contributed by atoms with Gasteiger partial charge in [-0.3, -0.25) is 4.79 Å². The molecular weight excluding hydrogens is 549 g/mol. The van der Waals surface area contributed by atoms with Crippen LogP contribution in [0.3, 0.4) is 0 Å². The molecule has 1 atom stereocenters. The number of carbonyl (C=O) groups excluding carboxylic acids is 1. The number of aromatic nitrogens is 2. The number of anilines is 2. The zero-order valence-corrected chi connectivity index (χ0v) is 24.3. The zero-order valence-electron chi connectivity index (χ0n) is 23.5. The predicted molar refractivity (Wildman–Crippen MR) is 168 cm³/mol. The number of rotatable bonds is 12. The van der Waals surface area contributed by atoms with Crippen molar-refractivity contribution in [1.82, 2.24) is 14.9 Å².